The molecule has 0 aliphatic carbocycles. The first-order valence-corrected chi connectivity index (χ1v) is 19.9. The van der Waals surface area contributed by atoms with E-state index in [9.17, 15) is 40.6 Å². The molecule has 0 aromatic rings. The zero-order valence-corrected chi connectivity index (χ0v) is 37.3. The summed E-state index contributed by atoms with van der Waals surface area (Å²) in [5, 5.41) is -3.87. The minimum atomic E-state index is -4.73. The summed E-state index contributed by atoms with van der Waals surface area (Å²) in [4.78, 5) is 46.8. The molecule has 14 nitrogen and oxygen atoms in total. The summed E-state index contributed by atoms with van der Waals surface area (Å²) < 4.78 is 82.8. The molecule has 0 saturated heterocycles. The fourth-order valence-electron chi connectivity index (χ4n) is 3.86. The van der Waals surface area contributed by atoms with E-state index in [2.05, 4.69) is 13.8 Å². The van der Waals surface area contributed by atoms with Crippen molar-refractivity contribution in [1.29, 1.82) is 0 Å². The zero-order valence-electron chi connectivity index (χ0n) is 31.6. The smallest absolute Gasteiger partial charge is 0.327 e. The molecule has 0 aromatic carbocycles. The molecule has 0 fully saturated rings. The van der Waals surface area contributed by atoms with Crippen LogP contribution in [0.15, 0.2) is 0 Å². The summed E-state index contributed by atoms with van der Waals surface area (Å²) in [6, 6.07) is 0. The summed E-state index contributed by atoms with van der Waals surface area (Å²) in [6.45, 7) is 11.8. The predicted molar refractivity (Wildman–Crippen MR) is 192 cm³/mol. The van der Waals surface area contributed by atoms with Crippen LogP contribution in [0.25, 0.3) is 0 Å². The van der Waals surface area contributed by atoms with E-state index in [4.69, 9.17) is 23.5 Å². The van der Waals surface area contributed by atoms with Gasteiger partial charge in [0.05, 0.1) is 39.3 Å². The van der Waals surface area contributed by atoms with E-state index < -0.39 is 67.5 Å². The quantitative estimate of drug-likeness (QED) is 0.0400. The van der Waals surface area contributed by atoms with Gasteiger partial charge in [-0.15, -0.1) is 0 Å². The molecule has 2 unspecified atom stereocenters. The van der Waals surface area contributed by atoms with Gasteiger partial charge < -0.3 is 18.9 Å². The molecule has 2 atom stereocenters. The summed E-state index contributed by atoms with van der Waals surface area (Å²) >= 11 is 0. The molecule has 18 heteroatoms. The van der Waals surface area contributed by atoms with Crippen molar-refractivity contribution >= 4 is 103 Å². The van der Waals surface area contributed by atoms with Crippen LogP contribution in [0.1, 0.15) is 131 Å². The minimum absolute atomic E-state index is 0. The van der Waals surface area contributed by atoms with Gasteiger partial charge in [-0.3, -0.25) is 28.3 Å². The maximum Gasteiger partial charge on any atom is 0.327 e. The van der Waals surface area contributed by atoms with Gasteiger partial charge in [0.2, 0.25) is 0 Å². The average molecular weight is 779 g/mol. The van der Waals surface area contributed by atoms with Crippen LogP contribution in [0, 0.1) is 11.8 Å². The normalized spacial score (nSPS) is 12.4. The van der Waals surface area contributed by atoms with Crippen LogP contribution >= 0.6 is 0 Å². The Morgan fingerprint density at radius 3 is 1.20 bits per heavy atom. The number of carbonyl (C=O) groups excluding carboxylic acids is 4. The van der Waals surface area contributed by atoms with Crippen molar-refractivity contribution in [3.05, 3.63) is 0 Å². The number of hydrogen-bond donors (Lipinski definition) is 2. The monoisotopic (exact) mass is 778 g/mol. The van der Waals surface area contributed by atoms with Crippen molar-refractivity contribution in [1.82, 2.24) is 0 Å². The molecule has 2 radical (unpaired) electrons. The molecule has 0 aliphatic rings. The SMILES string of the molecule is CC(C)COC(=O)CC(C(=O)OCC(C)C)S(=O)(=O)O.CCCCCCCCOC(=O)CC(C(=O)OCCCCCCCC)S(=O)(=O)O.[Na].[Na]. The molecule has 2 N–H and O–H groups in total. The maximum atomic E-state index is 12.0. The summed E-state index contributed by atoms with van der Waals surface area (Å²) in [5.74, 6) is -3.87. The Kier molecular flexibility index (Phi) is 37.6. The van der Waals surface area contributed by atoms with E-state index in [-0.39, 0.29) is 97.4 Å². The van der Waals surface area contributed by atoms with E-state index in [0.717, 1.165) is 57.8 Å². The molecule has 0 aliphatic heterocycles. The largest absolute Gasteiger partial charge is 0.466 e. The Morgan fingerprint density at radius 1 is 0.500 bits per heavy atom. The minimum Gasteiger partial charge on any atom is -0.466 e. The van der Waals surface area contributed by atoms with Gasteiger partial charge in [-0.2, -0.15) is 16.8 Å². The average Bonchev–Trinajstić information content (AvgIpc) is 2.98. The van der Waals surface area contributed by atoms with Crippen molar-refractivity contribution in [2.24, 2.45) is 11.8 Å². The van der Waals surface area contributed by atoms with E-state index in [0.29, 0.717) is 12.8 Å². The molecule has 0 amide bonds. The van der Waals surface area contributed by atoms with Gasteiger partial charge in [0.15, 0.2) is 10.5 Å². The fourth-order valence-corrected chi connectivity index (χ4v) is 5.17. The van der Waals surface area contributed by atoms with E-state index in [1.807, 2.05) is 13.8 Å². The van der Waals surface area contributed by atoms with Crippen LogP contribution in [0.4, 0.5) is 0 Å². The molecule has 0 heterocycles. The number of ether oxygens (including phenoxy) is 4. The maximum absolute atomic E-state index is 12.0. The van der Waals surface area contributed by atoms with E-state index in [1.165, 1.54) is 6.42 Å². The first kappa shape index (κ1) is 56.4. The van der Waals surface area contributed by atoms with Crippen LogP contribution in [-0.2, 0) is 58.4 Å². The van der Waals surface area contributed by atoms with Gasteiger partial charge in [-0.25, -0.2) is 0 Å². The number of rotatable bonds is 26. The molecule has 0 spiro atoms. The van der Waals surface area contributed by atoms with Crippen molar-refractivity contribution in [2.45, 2.75) is 142 Å². The molecule has 0 rings (SSSR count). The Labute approximate surface area is 344 Å². The number of hydrogen-bond acceptors (Lipinski definition) is 12. The molecule has 286 valence electrons. The Balaban J connectivity index is -0.000000428. The third kappa shape index (κ3) is 33.5. The van der Waals surface area contributed by atoms with Gasteiger partial charge in [0.1, 0.15) is 0 Å². The van der Waals surface area contributed by atoms with Crippen LogP contribution in [-0.4, -0.2) is 146 Å². The first-order valence-electron chi connectivity index (χ1n) is 16.9. The third-order valence-corrected chi connectivity index (χ3v) is 8.75. The van der Waals surface area contributed by atoms with Crippen molar-refractivity contribution in [2.75, 3.05) is 26.4 Å². The molecule has 0 saturated carbocycles. The molecular weight excluding hydrogens is 718 g/mol. The Morgan fingerprint density at radius 2 is 0.820 bits per heavy atom. The van der Waals surface area contributed by atoms with Crippen LogP contribution in [0.5, 0.6) is 0 Å². The molecule has 0 aromatic heterocycles. The van der Waals surface area contributed by atoms with Gasteiger partial charge in [-0.05, 0) is 24.7 Å². The van der Waals surface area contributed by atoms with Crippen LogP contribution in [0.3, 0.4) is 0 Å². The van der Waals surface area contributed by atoms with Gasteiger partial charge >= 0.3 is 23.9 Å². The standard InChI is InChI=1S/C20H38O7S.C12H22O7S.2Na/c1-3-5-7-9-11-13-15-26-19(21)17-18(28(23,24)25)20(22)27-16-14-12-10-8-6-4-2;1-8(2)6-18-11(13)5-10(20(15,16)17)12(14)19-7-9(3)4;;/h18H,3-17H2,1-2H3,(H,23,24,25);8-10H,5-7H2,1-4H3,(H,15,16,17);;. The summed E-state index contributed by atoms with van der Waals surface area (Å²) in [6.07, 6.45) is 10.6. The predicted octanol–water partition coefficient (Wildman–Crippen LogP) is 4.71. The topological polar surface area (TPSA) is 214 Å². The van der Waals surface area contributed by atoms with Crippen molar-refractivity contribution in [3.63, 3.8) is 0 Å². The number of unbranched alkanes of at least 4 members (excludes halogenated alkanes) is 10. The zero-order chi connectivity index (χ0) is 37.2. The van der Waals surface area contributed by atoms with Crippen LogP contribution < -0.4 is 0 Å². The second-order valence-corrected chi connectivity index (χ2v) is 15.6. The first-order chi connectivity index (χ1) is 22.4. The van der Waals surface area contributed by atoms with Gasteiger partial charge in [0, 0.05) is 59.1 Å². The Hall–Kier alpha value is -0.300. The summed E-state index contributed by atoms with van der Waals surface area (Å²) in [5.41, 5.74) is 0. The fraction of sp³-hybridized carbons (Fsp3) is 0.875. The number of carbonyl (C=O) groups is 4. The third-order valence-electron chi connectivity index (χ3n) is 6.59. The van der Waals surface area contributed by atoms with E-state index >= 15 is 0 Å². The molecule has 50 heavy (non-hydrogen) atoms. The van der Waals surface area contributed by atoms with Crippen molar-refractivity contribution < 1.29 is 64.1 Å². The Bertz CT molecular complexity index is 1130. The molecular formula is C32H60Na2O14S2. The summed E-state index contributed by atoms with van der Waals surface area (Å²) in [7, 11) is -9.46. The van der Waals surface area contributed by atoms with Gasteiger partial charge in [0.25, 0.3) is 20.2 Å². The van der Waals surface area contributed by atoms with Crippen LogP contribution in [0.2, 0.25) is 0 Å². The number of esters is 4. The second-order valence-electron chi connectivity index (χ2n) is 12.4. The van der Waals surface area contributed by atoms with Gasteiger partial charge in [-0.1, -0.05) is 106 Å². The molecule has 0 bridgehead atoms. The second kappa shape index (κ2) is 33.3. The van der Waals surface area contributed by atoms with Crippen molar-refractivity contribution in [3.8, 4) is 0 Å². The van der Waals surface area contributed by atoms with E-state index in [1.54, 1.807) is 13.8 Å².